The van der Waals surface area contributed by atoms with Crippen LogP contribution >= 0.6 is 15.9 Å². The molecule has 0 aliphatic carbocycles. The van der Waals surface area contributed by atoms with Crippen molar-refractivity contribution in [1.29, 1.82) is 0 Å². The van der Waals surface area contributed by atoms with E-state index in [4.69, 9.17) is 9.84 Å². The molecule has 0 heterocycles. The first-order valence-corrected chi connectivity index (χ1v) is 8.01. The number of halogens is 1. The molecule has 1 aromatic carbocycles. The van der Waals surface area contributed by atoms with Crippen molar-refractivity contribution in [2.24, 2.45) is 11.8 Å². The van der Waals surface area contributed by atoms with Crippen molar-refractivity contribution in [2.75, 3.05) is 6.54 Å². The summed E-state index contributed by atoms with van der Waals surface area (Å²) in [5.41, 5.74) is 0. The molecule has 0 saturated heterocycles. The zero-order valence-electron chi connectivity index (χ0n) is 13.0. The van der Waals surface area contributed by atoms with Crippen molar-refractivity contribution in [3.05, 3.63) is 28.7 Å². The predicted octanol–water partition coefficient (Wildman–Crippen LogP) is 3.08. The van der Waals surface area contributed by atoms with Gasteiger partial charge < -0.3 is 15.2 Å². The van der Waals surface area contributed by atoms with Crippen molar-refractivity contribution in [3.8, 4) is 5.75 Å². The van der Waals surface area contributed by atoms with Gasteiger partial charge in [0.05, 0.1) is 5.92 Å². The van der Waals surface area contributed by atoms with E-state index in [0.29, 0.717) is 12.2 Å². The second-order valence-electron chi connectivity index (χ2n) is 5.63. The highest BCUT2D eigenvalue weighted by atomic mass is 79.9. The van der Waals surface area contributed by atoms with Gasteiger partial charge in [-0.3, -0.25) is 9.59 Å². The number of rotatable bonds is 8. The summed E-state index contributed by atoms with van der Waals surface area (Å²) in [6, 6.07) is 7.20. The average Bonchev–Trinajstić information content (AvgIpc) is 2.42. The summed E-state index contributed by atoms with van der Waals surface area (Å²) >= 11 is 3.33. The molecular formula is C16H22BrNO4. The molecule has 22 heavy (non-hydrogen) atoms. The van der Waals surface area contributed by atoms with Gasteiger partial charge in [0.15, 0.2) is 6.10 Å². The number of hydrogen-bond donors (Lipinski definition) is 2. The molecule has 0 bridgehead atoms. The van der Waals surface area contributed by atoms with Crippen molar-refractivity contribution in [1.82, 2.24) is 5.32 Å². The highest BCUT2D eigenvalue weighted by molar-refractivity contribution is 9.10. The van der Waals surface area contributed by atoms with E-state index in [1.54, 1.807) is 19.1 Å². The second kappa shape index (κ2) is 8.78. The van der Waals surface area contributed by atoms with Crippen LogP contribution < -0.4 is 10.1 Å². The standard InChI is InChI=1S/C16H22BrNO4/c1-10(2)7-12(16(20)21)9-18-15(19)11(3)22-14-6-4-5-13(17)8-14/h4-6,8,10-12H,7,9H2,1-3H3,(H,18,19)(H,20,21). The van der Waals surface area contributed by atoms with Gasteiger partial charge in [0.1, 0.15) is 5.75 Å². The minimum absolute atomic E-state index is 0.110. The summed E-state index contributed by atoms with van der Waals surface area (Å²) in [6.45, 7) is 5.65. The van der Waals surface area contributed by atoms with Crippen LogP contribution in [0.2, 0.25) is 0 Å². The number of carbonyl (C=O) groups excluding carboxylic acids is 1. The second-order valence-corrected chi connectivity index (χ2v) is 6.54. The number of benzene rings is 1. The Morgan fingerprint density at radius 2 is 2.00 bits per heavy atom. The van der Waals surface area contributed by atoms with E-state index in [0.717, 1.165) is 4.47 Å². The van der Waals surface area contributed by atoms with Gasteiger partial charge in [-0.25, -0.2) is 0 Å². The number of aliphatic carboxylic acids is 1. The first kappa shape index (κ1) is 18.5. The summed E-state index contributed by atoms with van der Waals surface area (Å²) in [7, 11) is 0. The van der Waals surface area contributed by atoms with Crippen LogP contribution in [-0.4, -0.2) is 29.6 Å². The van der Waals surface area contributed by atoms with Crippen molar-refractivity contribution in [3.63, 3.8) is 0 Å². The Labute approximate surface area is 139 Å². The Morgan fingerprint density at radius 3 is 2.55 bits per heavy atom. The van der Waals surface area contributed by atoms with E-state index < -0.39 is 18.0 Å². The summed E-state index contributed by atoms with van der Waals surface area (Å²) in [5, 5.41) is 11.8. The number of ether oxygens (including phenoxy) is 1. The summed E-state index contributed by atoms with van der Waals surface area (Å²) in [5.74, 6) is -0.964. The maximum Gasteiger partial charge on any atom is 0.308 e. The Hall–Kier alpha value is -1.56. The molecule has 0 fully saturated rings. The van der Waals surface area contributed by atoms with Gasteiger partial charge >= 0.3 is 5.97 Å². The molecule has 0 aliphatic rings. The van der Waals surface area contributed by atoms with Gasteiger partial charge in [-0.15, -0.1) is 0 Å². The lowest BCUT2D eigenvalue weighted by Gasteiger charge is -2.18. The molecular weight excluding hydrogens is 350 g/mol. The molecule has 0 radical (unpaired) electrons. The number of nitrogens with one attached hydrogen (secondary N) is 1. The molecule has 2 atom stereocenters. The van der Waals surface area contributed by atoms with E-state index in [2.05, 4.69) is 21.2 Å². The number of carboxylic acid groups (broad SMARTS) is 1. The van der Waals surface area contributed by atoms with Gasteiger partial charge in [-0.2, -0.15) is 0 Å². The fourth-order valence-corrected chi connectivity index (χ4v) is 2.38. The lowest BCUT2D eigenvalue weighted by molar-refractivity contribution is -0.142. The Bertz CT molecular complexity index is 519. The smallest absolute Gasteiger partial charge is 0.308 e. The van der Waals surface area contributed by atoms with Gasteiger partial charge in [-0.05, 0) is 37.5 Å². The van der Waals surface area contributed by atoms with Gasteiger partial charge in [-0.1, -0.05) is 35.8 Å². The van der Waals surface area contributed by atoms with Gasteiger partial charge in [0, 0.05) is 11.0 Å². The third-order valence-electron chi connectivity index (χ3n) is 3.11. The lowest BCUT2D eigenvalue weighted by Crippen LogP contribution is -2.40. The van der Waals surface area contributed by atoms with Crippen LogP contribution in [0, 0.1) is 11.8 Å². The third kappa shape index (κ3) is 6.47. The fraction of sp³-hybridized carbons (Fsp3) is 0.500. The number of carbonyl (C=O) groups is 2. The monoisotopic (exact) mass is 371 g/mol. The van der Waals surface area contributed by atoms with Crippen LogP contribution in [0.25, 0.3) is 0 Å². The van der Waals surface area contributed by atoms with Crippen LogP contribution in [0.5, 0.6) is 5.75 Å². The quantitative estimate of drug-likeness (QED) is 0.736. The molecule has 0 spiro atoms. The summed E-state index contributed by atoms with van der Waals surface area (Å²) < 4.78 is 6.40. The van der Waals surface area contributed by atoms with Gasteiger partial charge in [0.2, 0.25) is 0 Å². The Morgan fingerprint density at radius 1 is 1.32 bits per heavy atom. The topological polar surface area (TPSA) is 75.6 Å². The minimum atomic E-state index is -0.894. The summed E-state index contributed by atoms with van der Waals surface area (Å²) in [6.07, 6.45) is -0.168. The van der Waals surface area contributed by atoms with Crippen molar-refractivity contribution in [2.45, 2.75) is 33.3 Å². The third-order valence-corrected chi connectivity index (χ3v) is 3.60. The lowest BCUT2D eigenvalue weighted by atomic mass is 9.97. The highest BCUT2D eigenvalue weighted by Crippen LogP contribution is 2.19. The Kier molecular flexibility index (Phi) is 7.38. The molecule has 1 rings (SSSR count). The molecule has 122 valence electrons. The number of carboxylic acids is 1. The van der Waals surface area contributed by atoms with Gasteiger partial charge in [0.25, 0.3) is 5.91 Å². The predicted molar refractivity (Wildman–Crippen MR) is 87.8 cm³/mol. The SMILES string of the molecule is CC(C)CC(CNC(=O)C(C)Oc1cccc(Br)c1)C(=O)O. The molecule has 2 N–H and O–H groups in total. The maximum absolute atomic E-state index is 12.0. The van der Waals surface area contributed by atoms with E-state index >= 15 is 0 Å². The first-order chi connectivity index (χ1) is 10.3. The zero-order chi connectivity index (χ0) is 16.7. The van der Waals surface area contributed by atoms with Crippen LogP contribution in [-0.2, 0) is 9.59 Å². The fourth-order valence-electron chi connectivity index (χ4n) is 2.01. The molecule has 6 heteroatoms. The van der Waals surface area contributed by atoms with E-state index in [1.807, 2.05) is 26.0 Å². The molecule has 0 saturated carbocycles. The van der Waals surface area contributed by atoms with Crippen molar-refractivity contribution < 1.29 is 19.4 Å². The molecule has 5 nitrogen and oxygen atoms in total. The highest BCUT2D eigenvalue weighted by Gasteiger charge is 2.22. The molecule has 0 aliphatic heterocycles. The molecule has 1 amide bonds. The molecule has 2 unspecified atom stereocenters. The first-order valence-electron chi connectivity index (χ1n) is 7.22. The van der Waals surface area contributed by atoms with Crippen LogP contribution in [0.3, 0.4) is 0 Å². The average molecular weight is 372 g/mol. The molecule has 0 aromatic heterocycles. The number of hydrogen-bond acceptors (Lipinski definition) is 3. The largest absolute Gasteiger partial charge is 0.481 e. The van der Waals surface area contributed by atoms with Crippen LogP contribution in [0.4, 0.5) is 0 Å². The van der Waals surface area contributed by atoms with Crippen LogP contribution in [0.1, 0.15) is 27.2 Å². The normalized spacial score (nSPS) is 13.5. The van der Waals surface area contributed by atoms with Crippen LogP contribution in [0.15, 0.2) is 28.7 Å². The summed E-state index contributed by atoms with van der Waals surface area (Å²) in [4.78, 5) is 23.2. The van der Waals surface area contributed by atoms with E-state index in [1.165, 1.54) is 0 Å². The zero-order valence-corrected chi connectivity index (χ0v) is 14.6. The van der Waals surface area contributed by atoms with Crippen molar-refractivity contribution >= 4 is 27.8 Å². The maximum atomic E-state index is 12.0. The van der Waals surface area contributed by atoms with E-state index in [9.17, 15) is 9.59 Å². The number of amides is 1. The van der Waals surface area contributed by atoms with E-state index in [-0.39, 0.29) is 18.4 Å². The minimum Gasteiger partial charge on any atom is -0.481 e. The Balaban J connectivity index is 2.51. The molecule has 1 aromatic rings.